The molecule has 5 heteroatoms. The summed E-state index contributed by atoms with van der Waals surface area (Å²) in [6.07, 6.45) is 4.06. The number of nitrogens with zero attached hydrogens (tertiary/aromatic N) is 1. The number of para-hydroxylation sites is 1. The predicted molar refractivity (Wildman–Crippen MR) is 88.5 cm³/mol. The molecule has 3 atom stereocenters. The maximum atomic E-state index is 12.3. The second-order valence-corrected chi connectivity index (χ2v) is 6.54. The van der Waals surface area contributed by atoms with E-state index in [-0.39, 0.29) is 24.4 Å². The van der Waals surface area contributed by atoms with Crippen molar-refractivity contribution in [3.8, 4) is 5.75 Å². The van der Waals surface area contributed by atoms with Crippen LogP contribution in [-0.2, 0) is 11.2 Å². The van der Waals surface area contributed by atoms with Crippen LogP contribution in [0.25, 0.3) is 0 Å². The van der Waals surface area contributed by atoms with Crippen molar-refractivity contribution < 1.29 is 14.6 Å². The number of hydrogen-bond acceptors (Lipinski definition) is 4. The maximum absolute atomic E-state index is 12.3. The Bertz CT molecular complexity index is 543. The number of nitrogens with one attached hydrogen (secondary N) is 1. The fourth-order valence-corrected chi connectivity index (χ4v) is 3.87. The minimum atomic E-state index is -0.463. The van der Waals surface area contributed by atoms with Crippen molar-refractivity contribution in [1.29, 1.82) is 0 Å². The Morgan fingerprint density at radius 1 is 1.30 bits per heavy atom. The Balaban J connectivity index is 1.56. The van der Waals surface area contributed by atoms with E-state index < -0.39 is 6.10 Å². The molecule has 1 aliphatic heterocycles. The van der Waals surface area contributed by atoms with Gasteiger partial charge in [-0.05, 0) is 44.8 Å². The molecule has 2 fully saturated rings. The molecule has 0 unspecified atom stereocenters. The first-order valence-corrected chi connectivity index (χ1v) is 8.52. The summed E-state index contributed by atoms with van der Waals surface area (Å²) in [5.74, 6) is 0.671. The minimum Gasteiger partial charge on any atom is -0.496 e. The van der Waals surface area contributed by atoms with Gasteiger partial charge >= 0.3 is 0 Å². The summed E-state index contributed by atoms with van der Waals surface area (Å²) < 4.78 is 5.29. The zero-order valence-electron chi connectivity index (χ0n) is 13.7. The van der Waals surface area contributed by atoms with E-state index in [1.807, 2.05) is 24.3 Å². The molecule has 2 N–H and O–H groups in total. The average Bonchev–Trinajstić information content (AvgIpc) is 3.19. The summed E-state index contributed by atoms with van der Waals surface area (Å²) in [5.41, 5.74) is 0.871. The molecule has 3 rings (SSSR count). The van der Waals surface area contributed by atoms with Crippen molar-refractivity contribution in [3.05, 3.63) is 29.8 Å². The molecule has 126 valence electrons. The van der Waals surface area contributed by atoms with Gasteiger partial charge in [0, 0.05) is 11.6 Å². The predicted octanol–water partition coefficient (Wildman–Crippen LogP) is 1.34. The highest BCUT2D eigenvalue weighted by Gasteiger charge is 2.39. The lowest BCUT2D eigenvalue weighted by molar-refractivity contribution is -0.122. The lowest BCUT2D eigenvalue weighted by Crippen LogP contribution is -2.48. The molecule has 1 aromatic carbocycles. The summed E-state index contributed by atoms with van der Waals surface area (Å²) in [6, 6.07) is 7.62. The zero-order chi connectivity index (χ0) is 16.2. The lowest BCUT2D eigenvalue weighted by atomic mass is 10.1. The van der Waals surface area contributed by atoms with Gasteiger partial charge < -0.3 is 15.2 Å². The van der Waals surface area contributed by atoms with Gasteiger partial charge in [-0.1, -0.05) is 18.2 Å². The van der Waals surface area contributed by atoms with Crippen LogP contribution in [-0.4, -0.2) is 54.3 Å². The number of aliphatic hydroxyl groups excluding tert-OH is 1. The van der Waals surface area contributed by atoms with Crippen molar-refractivity contribution in [2.75, 3.05) is 20.2 Å². The van der Waals surface area contributed by atoms with Crippen LogP contribution in [0.1, 0.15) is 31.2 Å². The molecule has 1 saturated carbocycles. The fourth-order valence-electron chi connectivity index (χ4n) is 3.87. The molecule has 1 aromatic rings. The molecule has 0 bridgehead atoms. The molecule has 5 nitrogen and oxygen atoms in total. The number of rotatable bonds is 5. The third kappa shape index (κ3) is 3.67. The van der Waals surface area contributed by atoms with Crippen LogP contribution in [0.2, 0.25) is 0 Å². The number of methoxy groups -OCH3 is 1. The molecule has 0 radical (unpaired) electrons. The number of benzene rings is 1. The Hall–Kier alpha value is -1.59. The van der Waals surface area contributed by atoms with E-state index in [0.29, 0.717) is 0 Å². The van der Waals surface area contributed by atoms with Crippen LogP contribution in [0.3, 0.4) is 0 Å². The minimum absolute atomic E-state index is 0.0550. The van der Waals surface area contributed by atoms with Crippen LogP contribution >= 0.6 is 0 Å². The van der Waals surface area contributed by atoms with E-state index in [4.69, 9.17) is 4.74 Å². The van der Waals surface area contributed by atoms with Crippen molar-refractivity contribution >= 4 is 5.91 Å². The van der Waals surface area contributed by atoms with Crippen LogP contribution < -0.4 is 10.1 Å². The molecule has 2 aliphatic rings. The standard InChI is InChI=1S/C18H26N2O3/c1-23-16-7-3-2-6-13(16)12-17(21)19-14-8-9-15(18(14)22)20-10-4-5-11-20/h2-3,6-7,14-15,18,22H,4-5,8-12H2,1H3,(H,19,21)/t14-,15-,18-/m1/s1. The summed E-state index contributed by atoms with van der Waals surface area (Å²) in [6.45, 7) is 2.15. The number of hydrogen-bond donors (Lipinski definition) is 2. The molecule has 1 heterocycles. The highest BCUT2D eigenvalue weighted by molar-refractivity contribution is 5.79. The highest BCUT2D eigenvalue weighted by Crippen LogP contribution is 2.28. The number of carbonyl (C=O) groups excluding carboxylic acids is 1. The first-order valence-electron chi connectivity index (χ1n) is 8.52. The maximum Gasteiger partial charge on any atom is 0.224 e. The summed E-state index contributed by atoms with van der Waals surface area (Å²) in [5, 5.41) is 13.6. The zero-order valence-corrected chi connectivity index (χ0v) is 13.7. The molecule has 23 heavy (non-hydrogen) atoms. The third-order valence-electron chi connectivity index (χ3n) is 5.08. The highest BCUT2D eigenvalue weighted by atomic mass is 16.5. The van der Waals surface area contributed by atoms with E-state index in [2.05, 4.69) is 10.2 Å². The average molecular weight is 318 g/mol. The van der Waals surface area contributed by atoms with Crippen LogP contribution in [0.4, 0.5) is 0 Å². The number of ether oxygens (including phenoxy) is 1. The van der Waals surface area contributed by atoms with Crippen LogP contribution in [0.15, 0.2) is 24.3 Å². The fraction of sp³-hybridized carbons (Fsp3) is 0.611. The lowest BCUT2D eigenvalue weighted by Gasteiger charge is -2.28. The van der Waals surface area contributed by atoms with E-state index >= 15 is 0 Å². The number of carbonyl (C=O) groups is 1. The van der Waals surface area contributed by atoms with Gasteiger partial charge in [-0.2, -0.15) is 0 Å². The number of aliphatic hydroxyl groups is 1. The quantitative estimate of drug-likeness (QED) is 0.860. The van der Waals surface area contributed by atoms with E-state index in [0.717, 1.165) is 37.2 Å². The van der Waals surface area contributed by atoms with Gasteiger partial charge in [-0.15, -0.1) is 0 Å². The molecule has 1 saturated heterocycles. The summed E-state index contributed by atoms with van der Waals surface area (Å²) in [7, 11) is 1.61. The van der Waals surface area contributed by atoms with Gasteiger partial charge in [0.25, 0.3) is 0 Å². The van der Waals surface area contributed by atoms with Gasteiger partial charge in [0.1, 0.15) is 5.75 Å². The third-order valence-corrected chi connectivity index (χ3v) is 5.08. The molecule has 0 aromatic heterocycles. The number of likely N-dealkylation sites (tertiary alicyclic amines) is 1. The topological polar surface area (TPSA) is 61.8 Å². The largest absolute Gasteiger partial charge is 0.496 e. The smallest absolute Gasteiger partial charge is 0.224 e. The van der Waals surface area contributed by atoms with Crippen LogP contribution in [0, 0.1) is 0 Å². The first-order chi connectivity index (χ1) is 11.2. The van der Waals surface area contributed by atoms with Crippen molar-refractivity contribution in [2.24, 2.45) is 0 Å². The summed E-state index contributed by atoms with van der Waals surface area (Å²) in [4.78, 5) is 14.7. The summed E-state index contributed by atoms with van der Waals surface area (Å²) >= 11 is 0. The Kier molecular flexibility index (Phi) is 5.18. The van der Waals surface area contributed by atoms with Crippen molar-refractivity contribution in [2.45, 2.75) is 50.3 Å². The normalized spacial score (nSPS) is 28.0. The number of amides is 1. The molecule has 1 amide bonds. The van der Waals surface area contributed by atoms with Gasteiger partial charge in [0.15, 0.2) is 0 Å². The molecular formula is C18H26N2O3. The van der Waals surface area contributed by atoms with Crippen molar-refractivity contribution in [3.63, 3.8) is 0 Å². The molecular weight excluding hydrogens is 292 g/mol. The Morgan fingerprint density at radius 3 is 2.78 bits per heavy atom. The molecule has 0 spiro atoms. The Morgan fingerprint density at radius 2 is 2.04 bits per heavy atom. The van der Waals surface area contributed by atoms with E-state index in [1.54, 1.807) is 7.11 Å². The van der Waals surface area contributed by atoms with Gasteiger partial charge in [0.2, 0.25) is 5.91 Å². The first kappa shape index (κ1) is 16.3. The Labute approximate surface area is 137 Å². The van der Waals surface area contributed by atoms with Crippen molar-refractivity contribution in [1.82, 2.24) is 10.2 Å². The van der Waals surface area contributed by atoms with E-state index in [9.17, 15) is 9.90 Å². The second-order valence-electron chi connectivity index (χ2n) is 6.54. The monoisotopic (exact) mass is 318 g/mol. The van der Waals surface area contributed by atoms with E-state index in [1.165, 1.54) is 12.8 Å². The SMILES string of the molecule is COc1ccccc1CC(=O)N[C@@H]1CC[C@@H](N2CCCC2)[C@@H]1O. The molecule has 1 aliphatic carbocycles. The van der Waals surface area contributed by atoms with Gasteiger partial charge in [-0.3, -0.25) is 9.69 Å². The van der Waals surface area contributed by atoms with Crippen LogP contribution in [0.5, 0.6) is 5.75 Å². The second kappa shape index (κ2) is 7.32. The van der Waals surface area contributed by atoms with Gasteiger partial charge in [-0.25, -0.2) is 0 Å². The van der Waals surface area contributed by atoms with Gasteiger partial charge in [0.05, 0.1) is 25.7 Å².